The maximum Gasteiger partial charge on any atom is 0.234 e. The van der Waals surface area contributed by atoms with E-state index in [-0.39, 0.29) is 5.91 Å². The van der Waals surface area contributed by atoms with Gasteiger partial charge in [0.15, 0.2) is 0 Å². The van der Waals surface area contributed by atoms with Crippen molar-refractivity contribution in [1.29, 1.82) is 0 Å². The number of nitrogens with zero attached hydrogens (tertiary/aromatic N) is 2. The molecule has 1 aliphatic heterocycles. The van der Waals surface area contributed by atoms with Crippen molar-refractivity contribution in [2.24, 2.45) is 0 Å². The molecule has 0 atom stereocenters. The Labute approximate surface area is 159 Å². The molecule has 2 heterocycles. The maximum absolute atomic E-state index is 12.1. The van der Waals surface area contributed by atoms with Crippen LogP contribution in [-0.4, -0.2) is 55.0 Å². The average Bonchev–Trinajstić information content (AvgIpc) is 3.17. The van der Waals surface area contributed by atoms with Gasteiger partial charge in [-0.05, 0) is 36.1 Å². The van der Waals surface area contributed by atoms with Crippen molar-refractivity contribution in [3.05, 3.63) is 52.2 Å². The van der Waals surface area contributed by atoms with Crippen molar-refractivity contribution in [3.8, 4) is 5.75 Å². The molecule has 1 amide bonds. The third-order valence-corrected chi connectivity index (χ3v) is 5.39. The highest BCUT2D eigenvalue weighted by Crippen LogP contribution is 2.14. The van der Waals surface area contributed by atoms with Crippen LogP contribution in [-0.2, 0) is 17.9 Å². The van der Waals surface area contributed by atoms with E-state index in [1.165, 1.54) is 10.4 Å². The number of hydrogen-bond donors (Lipinski definition) is 1. The van der Waals surface area contributed by atoms with Gasteiger partial charge in [-0.25, -0.2) is 0 Å². The third kappa shape index (κ3) is 5.83. The van der Waals surface area contributed by atoms with Crippen LogP contribution in [0.25, 0.3) is 0 Å². The van der Waals surface area contributed by atoms with E-state index in [1.54, 1.807) is 11.3 Å². The van der Waals surface area contributed by atoms with E-state index < -0.39 is 0 Å². The summed E-state index contributed by atoms with van der Waals surface area (Å²) in [6.45, 7) is 8.61. The lowest BCUT2D eigenvalue weighted by molar-refractivity contribution is -0.122. The van der Waals surface area contributed by atoms with Crippen molar-refractivity contribution in [1.82, 2.24) is 15.1 Å². The van der Waals surface area contributed by atoms with Gasteiger partial charge in [-0.1, -0.05) is 18.2 Å². The minimum atomic E-state index is 0.110. The first-order valence-corrected chi connectivity index (χ1v) is 10.1. The summed E-state index contributed by atoms with van der Waals surface area (Å²) in [6.07, 6.45) is 0. The lowest BCUT2D eigenvalue weighted by atomic mass is 10.2. The van der Waals surface area contributed by atoms with Gasteiger partial charge in [-0.3, -0.25) is 14.6 Å². The van der Waals surface area contributed by atoms with Gasteiger partial charge in [-0.2, -0.15) is 0 Å². The highest BCUT2D eigenvalue weighted by atomic mass is 32.1. The van der Waals surface area contributed by atoms with Gasteiger partial charge >= 0.3 is 0 Å². The topological polar surface area (TPSA) is 44.8 Å². The highest BCUT2D eigenvalue weighted by Gasteiger charge is 2.19. The Kier molecular flexibility index (Phi) is 7.05. The van der Waals surface area contributed by atoms with Crippen LogP contribution in [0.1, 0.15) is 17.4 Å². The van der Waals surface area contributed by atoms with Gasteiger partial charge in [-0.15, -0.1) is 11.3 Å². The molecule has 1 aliphatic rings. The zero-order valence-electron chi connectivity index (χ0n) is 15.3. The fraction of sp³-hybridized carbons (Fsp3) is 0.450. The molecule has 1 fully saturated rings. The van der Waals surface area contributed by atoms with Crippen LogP contribution in [0.3, 0.4) is 0 Å². The van der Waals surface area contributed by atoms with E-state index in [2.05, 4.69) is 27.2 Å². The van der Waals surface area contributed by atoms with Crippen LogP contribution in [0.5, 0.6) is 5.75 Å². The number of carbonyl (C=O) groups excluding carboxylic acids is 1. The molecule has 0 unspecified atom stereocenters. The molecule has 140 valence electrons. The first-order valence-electron chi connectivity index (χ1n) is 9.18. The quantitative estimate of drug-likeness (QED) is 0.773. The second-order valence-corrected chi connectivity index (χ2v) is 7.52. The first-order chi connectivity index (χ1) is 12.7. The predicted molar refractivity (Wildman–Crippen MR) is 105 cm³/mol. The molecule has 0 spiro atoms. The zero-order valence-corrected chi connectivity index (χ0v) is 16.1. The number of hydrogen-bond acceptors (Lipinski definition) is 5. The Balaban J connectivity index is 1.36. The number of benzene rings is 1. The highest BCUT2D eigenvalue weighted by molar-refractivity contribution is 7.09. The lowest BCUT2D eigenvalue weighted by Gasteiger charge is -2.34. The van der Waals surface area contributed by atoms with E-state index in [0.717, 1.165) is 38.5 Å². The summed E-state index contributed by atoms with van der Waals surface area (Å²) >= 11 is 1.67. The van der Waals surface area contributed by atoms with Crippen LogP contribution < -0.4 is 10.1 Å². The number of carbonyl (C=O) groups is 1. The minimum Gasteiger partial charge on any atom is -0.494 e. The van der Waals surface area contributed by atoms with Gasteiger partial charge in [0, 0.05) is 37.6 Å². The number of thiophene rings is 1. The second-order valence-electron chi connectivity index (χ2n) is 6.49. The zero-order chi connectivity index (χ0) is 18.2. The maximum atomic E-state index is 12.1. The molecule has 1 saturated heterocycles. The fourth-order valence-electron chi connectivity index (χ4n) is 3.08. The predicted octanol–water partition coefficient (Wildman–Crippen LogP) is 2.58. The Morgan fingerprint density at radius 2 is 1.85 bits per heavy atom. The molecule has 0 aliphatic carbocycles. The van der Waals surface area contributed by atoms with Crippen molar-refractivity contribution in [3.63, 3.8) is 0 Å². The molecule has 0 radical (unpaired) electrons. The van der Waals surface area contributed by atoms with Crippen LogP contribution in [0.4, 0.5) is 0 Å². The Bertz CT molecular complexity index is 665. The van der Waals surface area contributed by atoms with Gasteiger partial charge in [0.25, 0.3) is 0 Å². The lowest BCUT2D eigenvalue weighted by Crippen LogP contribution is -2.49. The van der Waals surface area contributed by atoms with Crippen LogP contribution >= 0.6 is 11.3 Å². The largest absolute Gasteiger partial charge is 0.494 e. The average molecular weight is 374 g/mol. The summed E-state index contributed by atoms with van der Waals surface area (Å²) in [6, 6.07) is 12.4. The van der Waals surface area contributed by atoms with Gasteiger partial charge in [0.2, 0.25) is 5.91 Å². The molecule has 2 aromatic rings. The number of nitrogens with one attached hydrogen (secondary N) is 1. The standard InChI is InChI=1S/C20H27N3O2S/c1-2-25-18-7-5-17(6-8-18)15-22-9-11-23(12-10-22)16-20(24)21-14-19-4-3-13-26-19/h3-8,13H,2,9-12,14-16H2,1H3,(H,21,24). The Hall–Kier alpha value is -1.89. The number of rotatable bonds is 8. The minimum absolute atomic E-state index is 0.110. The third-order valence-electron chi connectivity index (χ3n) is 4.51. The van der Waals surface area contributed by atoms with Gasteiger partial charge < -0.3 is 10.1 Å². The molecule has 1 N–H and O–H groups in total. The SMILES string of the molecule is CCOc1ccc(CN2CCN(CC(=O)NCc3cccs3)CC2)cc1. The van der Waals surface area contributed by atoms with Crippen LogP contribution in [0, 0.1) is 0 Å². The molecular formula is C20H27N3O2S. The van der Waals surface area contributed by atoms with Crippen LogP contribution in [0.2, 0.25) is 0 Å². The van der Waals surface area contributed by atoms with E-state index in [1.807, 2.05) is 36.6 Å². The van der Waals surface area contributed by atoms with E-state index in [0.29, 0.717) is 19.7 Å². The van der Waals surface area contributed by atoms with E-state index in [9.17, 15) is 4.79 Å². The van der Waals surface area contributed by atoms with Crippen LogP contribution in [0.15, 0.2) is 41.8 Å². The molecular weight excluding hydrogens is 346 g/mol. The van der Waals surface area contributed by atoms with Gasteiger partial charge in [0.1, 0.15) is 5.75 Å². The summed E-state index contributed by atoms with van der Waals surface area (Å²) in [4.78, 5) is 18.0. The molecule has 6 heteroatoms. The monoisotopic (exact) mass is 373 g/mol. The van der Waals surface area contributed by atoms with Crippen molar-refractivity contribution >= 4 is 17.2 Å². The summed E-state index contributed by atoms with van der Waals surface area (Å²) in [5, 5.41) is 5.04. The number of amides is 1. The van der Waals surface area contributed by atoms with E-state index >= 15 is 0 Å². The number of ether oxygens (including phenoxy) is 1. The fourth-order valence-corrected chi connectivity index (χ4v) is 3.72. The summed E-state index contributed by atoms with van der Waals surface area (Å²) in [5.74, 6) is 1.04. The van der Waals surface area contributed by atoms with Crippen molar-refractivity contribution < 1.29 is 9.53 Å². The molecule has 3 rings (SSSR count). The molecule has 1 aromatic carbocycles. The summed E-state index contributed by atoms with van der Waals surface area (Å²) in [7, 11) is 0. The van der Waals surface area contributed by atoms with Crippen molar-refractivity contribution in [2.75, 3.05) is 39.3 Å². The molecule has 0 saturated carbocycles. The molecule has 26 heavy (non-hydrogen) atoms. The number of piperazine rings is 1. The smallest absolute Gasteiger partial charge is 0.234 e. The second kappa shape index (κ2) is 9.71. The molecule has 5 nitrogen and oxygen atoms in total. The van der Waals surface area contributed by atoms with Gasteiger partial charge in [0.05, 0.1) is 19.7 Å². The Morgan fingerprint density at radius 1 is 1.12 bits per heavy atom. The first kappa shape index (κ1) is 18.9. The Morgan fingerprint density at radius 3 is 2.50 bits per heavy atom. The summed E-state index contributed by atoms with van der Waals surface area (Å²) < 4.78 is 5.49. The normalized spacial score (nSPS) is 15.7. The molecule has 1 aromatic heterocycles. The van der Waals surface area contributed by atoms with E-state index in [4.69, 9.17) is 4.74 Å². The van der Waals surface area contributed by atoms with Crippen molar-refractivity contribution in [2.45, 2.75) is 20.0 Å². The molecule has 0 bridgehead atoms. The summed E-state index contributed by atoms with van der Waals surface area (Å²) in [5.41, 5.74) is 1.30.